The van der Waals surface area contributed by atoms with Gasteiger partial charge in [-0.1, -0.05) is 0 Å². The first kappa shape index (κ1) is 16.1. The first-order chi connectivity index (χ1) is 11.0. The van der Waals surface area contributed by atoms with Gasteiger partial charge in [-0.2, -0.15) is 0 Å². The standard InChI is InChI=1S/C17H16BrN3OS/c1-10-11(2)21-15-9-12(3-5-14(15)20-10)17(22)19-8-7-13-4-6-16(18)23-13/h3-6,9H,7-8H2,1-2H3,(H,19,22). The summed E-state index contributed by atoms with van der Waals surface area (Å²) in [4.78, 5) is 22.5. The van der Waals surface area contributed by atoms with Crippen LogP contribution in [0.1, 0.15) is 26.6 Å². The van der Waals surface area contributed by atoms with E-state index in [1.807, 2.05) is 26.0 Å². The van der Waals surface area contributed by atoms with Crippen molar-refractivity contribution in [3.63, 3.8) is 0 Å². The first-order valence-electron chi connectivity index (χ1n) is 7.30. The summed E-state index contributed by atoms with van der Waals surface area (Å²) in [5.74, 6) is -0.0810. The monoisotopic (exact) mass is 389 g/mol. The van der Waals surface area contributed by atoms with Gasteiger partial charge in [-0.3, -0.25) is 4.79 Å². The van der Waals surface area contributed by atoms with E-state index in [1.54, 1.807) is 23.5 Å². The quantitative estimate of drug-likeness (QED) is 0.732. The zero-order valence-corrected chi connectivity index (χ0v) is 15.3. The van der Waals surface area contributed by atoms with E-state index in [0.29, 0.717) is 12.1 Å². The minimum Gasteiger partial charge on any atom is -0.352 e. The van der Waals surface area contributed by atoms with Crippen LogP contribution in [-0.4, -0.2) is 22.4 Å². The summed E-state index contributed by atoms with van der Waals surface area (Å²) in [6.45, 7) is 4.47. The van der Waals surface area contributed by atoms with Crippen molar-refractivity contribution in [3.8, 4) is 0 Å². The number of amides is 1. The molecule has 0 atom stereocenters. The molecule has 0 aliphatic rings. The third kappa shape index (κ3) is 3.76. The Balaban J connectivity index is 1.69. The highest BCUT2D eigenvalue weighted by atomic mass is 79.9. The molecule has 0 saturated heterocycles. The van der Waals surface area contributed by atoms with Crippen molar-refractivity contribution in [1.82, 2.24) is 15.3 Å². The lowest BCUT2D eigenvalue weighted by Crippen LogP contribution is -2.25. The maximum atomic E-state index is 12.3. The fourth-order valence-corrected chi connectivity index (χ4v) is 3.74. The van der Waals surface area contributed by atoms with Gasteiger partial charge >= 0.3 is 0 Å². The highest BCUT2D eigenvalue weighted by Crippen LogP contribution is 2.22. The molecule has 3 rings (SSSR count). The van der Waals surface area contributed by atoms with E-state index in [1.165, 1.54) is 4.88 Å². The highest BCUT2D eigenvalue weighted by molar-refractivity contribution is 9.11. The van der Waals surface area contributed by atoms with E-state index in [2.05, 4.69) is 37.3 Å². The number of hydrogen-bond acceptors (Lipinski definition) is 4. The van der Waals surface area contributed by atoms with Gasteiger partial charge in [0.1, 0.15) is 0 Å². The largest absolute Gasteiger partial charge is 0.352 e. The summed E-state index contributed by atoms with van der Waals surface area (Å²) in [6, 6.07) is 9.53. The molecule has 1 amide bonds. The van der Waals surface area contributed by atoms with Crippen molar-refractivity contribution in [3.05, 3.63) is 55.9 Å². The number of hydrogen-bond donors (Lipinski definition) is 1. The smallest absolute Gasteiger partial charge is 0.251 e. The van der Waals surface area contributed by atoms with Crippen LogP contribution < -0.4 is 5.32 Å². The van der Waals surface area contributed by atoms with E-state index in [0.717, 1.165) is 32.6 Å². The van der Waals surface area contributed by atoms with Crippen LogP contribution in [0.5, 0.6) is 0 Å². The molecule has 2 heterocycles. The minimum atomic E-state index is -0.0810. The Morgan fingerprint density at radius 1 is 1.13 bits per heavy atom. The molecule has 0 bridgehead atoms. The molecular weight excluding hydrogens is 374 g/mol. The number of aryl methyl sites for hydroxylation is 2. The van der Waals surface area contributed by atoms with Crippen LogP contribution in [-0.2, 0) is 6.42 Å². The molecule has 0 spiro atoms. The molecule has 23 heavy (non-hydrogen) atoms. The number of aromatic nitrogens is 2. The highest BCUT2D eigenvalue weighted by Gasteiger charge is 2.08. The third-order valence-corrected chi connectivity index (χ3v) is 5.31. The summed E-state index contributed by atoms with van der Waals surface area (Å²) in [5, 5.41) is 2.95. The number of rotatable bonds is 4. The second-order valence-corrected chi connectivity index (χ2v) is 7.86. The number of thiophene rings is 1. The second kappa shape index (κ2) is 6.76. The van der Waals surface area contributed by atoms with Crippen LogP contribution >= 0.6 is 27.3 Å². The molecular formula is C17H16BrN3OS. The normalized spacial score (nSPS) is 10.9. The van der Waals surface area contributed by atoms with Crippen LogP contribution in [0.15, 0.2) is 34.1 Å². The lowest BCUT2D eigenvalue weighted by Gasteiger charge is -2.06. The molecule has 0 aliphatic heterocycles. The zero-order chi connectivity index (χ0) is 16.4. The molecule has 4 nitrogen and oxygen atoms in total. The average molecular weight is 390 g/mol. The second-order valence-electron chi connectivity index (χ2n) is 5.31. The Labute approximate surface area is 147 Å². The maximum Gasteiger partial charge on any atom is 0.251 e. The van der Waals surface area contributed by atoms with Crippen LogP contribution in [0, 0.1) is 13.8 Å². The van der Waals surface area contributed by atoms with Gasteiger partial charge in [0, 0.05) is 17.0 Å². The fraction of sp³-hybridized carbons (Fsp3) is 0.235. The predicted octanol–water partition coefficient (Wildman–Crippen LogP) is 4.04. The molecule has 0 unspecified atom stereocenters. The van der Waals surface area contributed by atoms with E-state index in [4.69, 9.17) is 0 Å². The van der Waals surface area contributed by atoms with Crippen molar-refractivity contribution in [2.75, 3.05) is 6.54 Å². The molecule has 118 valence electrons. The number of halogens is 1. The van der Waals surface area contributed by atoms with Crippen molar-refractivity contribution < 1.29 is 4.79 Å². The summed E-state index contributed by atoms with van der Waals surface area (Å²) in [5.41, 5.74) is 3.98. The van der Waals surface area contributed by atoms with Gasteiger partial charge in [0.05, 0.1) is 26.2 Å². The summed E-state index contributed by atoms with van der Waals surface area (Å²) < 4.78 is 1.11. The number of nitrogens with zero attached hydrogens (tertiary/aromatic N) is 2. The SMILES string of the molecule is Cc1nc2ccc(C(=O)NCCc3ccc(Br)s3)cc2nc1C. The Morgan fingerprint density at radius 3 is 2.57 bits per heavy atom. The Morgan fingerprint density at radius 2 is 1.87 bits per heavy atom. The van der Waals surface area contributed by atoms with Gasteiger partial charge in [-0.25, -0.2) is 9.97 Å². The molecule has 1 N–H and O–H groups in total. The predicted molar refractivity (Wildman–Crippen MR) is 97.1 cm³/mol. The Hall–Kier alpha value is -1.79. The number of carbonyl (C=O) groups is 1. The lowest BCUT2D eigenvalue weighted by molar-refractivity contribution is 0.0954. The van der Waals surface area contributed by atoms with Gasteiger partial charge < -0.3 is 5.32 Å². The lowest BCUT2D eigenvalue weighted by atomic mass is 10.1. The minimum absolute atomic E-state index is 0.0810. The third-order valence-electron chi connectivity index (χ3n) is 3.62. The first-order valence-corrected chi connectivity index (χ1v) is 8.91. The summed E-state index contributed by atoms with van der Waals surface area (Å²) in [6.07, 6.45) is 0.827. The van der Waals surface area contributed by atoms with Crippen molar-refractivity contribution in [2.24, 2.45) is 0 Å². The van der Waals surface area contributed by atoms with E-state index < -0.39 is 0 Å². The number of benzene rings is 1. The molecule has 0 aliphatic carbocycles. The average Bonchev–Trinajstić information content (AvgIpc) is 2.93. The zero-order valence-electron chi connectivity index (χ0n) is 12.9. The maximum absolute atomic E-state index is 12.3. The van der Waals surface area contributed by atoms with Crippen LogP contribution in [0.4, 0.5) is 0 Å². The molecule has 0 fully saturated rings. The molecule has 2 aromatic heterocycles. The summed E-state index contributed by atoms with van der Waals surface area (Å²) in [7, 11) is 0. The molecule has 1 aromatic carbocycles. The fourth-order valence-electron chi connectivity index (χ4n) is 2.26. The van der Waals surface area contributed by atoms with Gasteiger partial charge in [0.25, 0.3) is 5.91 Å². The van der Waals surface area contributed by atoms with Crippen LogP contribution in [0.25, 0.3) is 11.0 Å². The number of fused-ring (bicyclic) bond motifs is 1. The number of nitrogens with one attached hydrogen (secondary N) is 1. The topological polar surface area (TPSA) is 54.9 Å². The van der Waals surface area contributed by atoms with E-state index in [9.17, 15) is 4.79 Å². The molecule has 0 saturated carbocycles. The van der Waals surface area contributed by atoms with Gasteiger partial charge in [-0.05, 0) is 66.5 Å². The van der Waals surface area contributed by atoms with Gasteiger partial charge in [0.2, 0.25) is 0 Å². The number of carbonyl (C=O) groups excluding carboxylic acids is 1. The van der Waals surface area contributed by atoms with Gasteiger partial charge in [0.15, 0.2) is 0 Å². The van der Waals surface area contributed by atoms with E-state index >= 15 is 0 Å². The molecule has 0 radical (unpaired) electrons. The molecule has 3 aromatic rings. The van der Waals surface area contributed by atoms with Crippen molar-refractivity contribution in [2.45, 2.75) is 20.3 Å². The van der Waals surface area contributed by atoms with Crippen LogP contribution in [0.2, 0.25) is 0 Å². The summed E-state index contributed by atoms with van der Waals surface area (Å²) >= 11 is 5.13. The Kier molecular flexibility index (Phi) is 4.73. The van der Waals surface area contributed by atoms with E-state index in [-0.39, 0.29) is 5.91 Å². The molecule has 6 heteroatoms. The van der Waals surface area contributed by atoms with Crippen LogP contribution in [0.3, 0.4) is 0 Å². The van der Waals surface area contributed by atoms with Gasteiger partial charge in [-0.15, -0.1) is 11.3 Å². The van der Waals surface area contributed by atoms with Crippen molar-refractivity contribution >= 4 is 44.2 Å². The van der Waals surface area contributed by atoms with Crippen molar-refractivity contribution in [1.29, 1.82) is 0 Å². The Bertz CT molecular complexity index is 875.